The highest BCUT2D eigenvalue weighted by atomic mass is 16.3. The summed E-state index contributed by atoms with van der Waals surface area (Å²) in [4.78, 5) is 4.89. The number of aromatic hydroxyl groups is 1. The zero-order valence-electron chi connectivity index (χ0n) is 12.6. The lowest BCUT2D eigenvalue weighted by atomic mass is 9.68. The summed E-state index contributed by atoms with van der Waals surface area (Å²) in [7, 11) is 0. The van der Waals surface area contributed by atoms with Gasteiger partial charge in [0.25, 0.3) is 0 Å². The first kappa shape index (κ1) is 13.9. The fourth-order valence-electron chi connectivity index (χ4n) is 3.58. The van der Waals surface area contributed by atoms with Gasteiger partial charge in [-0.25, -0.2) is 0 Å². The molecule has 0 fully saturated rings. The predicted molar refractivity (Wildman–Crippen MR) is 87.1 cm³/mol. The monoisotopic (exact) mass is 279 g/mol. The molecule has 1 heterocycles. The molecule has 1 aliphatic heterocycles. The Hall–Kier alpha value is -2.09. The quantitative estimate of drug-likeness (QED) is 0.891. The summed E-state index contributed by atoms with van der Waals surface area (Å²) in [5.74, 6) is 0.308. The van der Waals surface area contributed by atoms with Crippen LogP contribution < -0.4 is 0 Å². The average molecular weight is 279 g/mol. The molecule has 1 N–H and O–H groups in total. The minimum atomic E-state index is -0.150. The van der Waals surface area contributed by atoms with Crippen LogP contribution in [0.1, 0.15) is 37.8 Å². The molecule has 0 bridgehead atoms. The van der Waals surface area contributed by atoms with E-state index >= 15 is 0 Å². The number of hydrogen-bond donors (Lipinski definition) is 1. The molecule has 2 nitrogen and oxygen atoms in total. The van der Waals surface area contributed by atoms with Gasteiger partial charge in [0, 0.05) is 11.8 Å². The van der Waals surface area contributed by atoms with Crippen molar-refractivity contribution in [2.24, 2.45) is 4.99 Å². The molecule has 0 amide bonds. The molecule has 0 aromatic heterocycles. The highest BCUT2D eigenvalue weighted by Gasteiger charge is 2.43. The van der Waals surface area contributed by atoms with Gasteiger partial charge < -0.3 is 5.11 Å². The Morgan fingerprint density at radius 2 is 1.67 bits per heavy atom. The van der Waals surface area contributed by atoms with Crippen molar-refractivity contribution in [2.45, 2.75) is 38.1 Å². The van der Waals surface area contributed by atoms with Crippen LogP contribution in [-0.4, -0.2) is 16.9 Å². The van der Waals surface area contributed by atoms with Crippen molar-refractivity contribution in [3.63, 3.8) is 0 Å². The SMILES string of the molecule is CCC1=NC(C)CC1(c1ccccc1)c1ccc(O)cc1. The van der Waals surface area contributed by atoms with Crippen LogP contribution in [0.3, 0.4) is 0 Å². The Bertz CT molecular complexity index is 645. The first-order valence-corrected chi connectivity index (χ1v) is 7.59. The van der Waals surface area contributed by atoms with E-state index in [9.17, 15) is 5.11 Å². The van der Waals surface area contributed by atoms with E-state index in [1.165, 1.54) is 16.8 Å². The first-order valence-electron chi connectivity index (χ1n) is 7.59. The van der Waals surface area contributed by atoms with Crippen LogP contribution in [0, 0.1) is 0 Å². The Morgan fingerprint density at radius 1 is 1.05 bits per heavy atom. The van der Waals surface area contributed by atoms with Gasteiger partial charge in [-0.05, 0) is 43.0 Å². The van der Waals surface area contributed by atoms with Crippen LogP contribution in [0.25, 0.3) is 0 Å². The number of aliphatic imine (C=N–C) groups is 1. The number of phenolic OH excluding ortho intramolecular Hbond substituents is 1. The third-order valence-corrected chi connectivity index (χ3v) is 4.43. The molecule has 2 aromatic rings. The van der Waals surface area contributed by atoms with Gasteiger partial charge in [0.2, 0.25) is 0 Å². The third kappa shape index (κ3) is 2.25. The van der Waals surface area contributed by atoms with E-state index in [4.69, 9.17) is 4.99 Å². The zero-order valence-corrected chi connectivity index (χ0v) is 12.6. The van der Waals surface area contributed by atoms with Gasteiger partial charge in [0.1, 0.15) is 5.75 Å². The molecule has 2 unspecified atom stereocenters. The Kier molecular flexibility index (Phi) is 3.54. The summed E-state index contributed by atoms with van der Waals surface area (Å²) in [5, 5.41) is 9.60. The van der Waals surface area contributed by atoms with Gasteiger partial charge in [0.05, 0.1) is 5.41 Å². The van der Waals surface area contributed by atoms with E-state index in [1.807, 2.05) is 12.1 Å². The van der Waals surface area contributed by atoms with Crippen molar-refractivity contribution < 1.29 is 5.11 Å². The molecule has 0 spiro atoms. The Morgan fingerprint density at radius 3 is 2.29 bits per heavy atom. The summed E-state index contributed by atoms with van der Waals surface area (Å²) < 4.78 is 0. The van der Waals surface area contributed by atoms with Crippen molar-refractivity contribution in [1.82, 2.24) is 0 Å². The van der Waals surface area contributed by atoms with Gasteiger partial charge in [-0.2, -0.15) is 0 Å². The molecule has 1 aliphatic rings. The van der Waals surface area contributed by atoms with E-state index in [1.54, 1.807) is 12.1 Å². The van der Waals surface area contributed by atoms with Crippen molar-refractivity contribution in [3.8, 4) is 5.75 Å². The number of benzene rings is 2. The summed E-state index contributed by atoms with van der Waals surface area (Å²) in [5.41, 5.74) is 3.60. The number of rotatable bonds is 3. The summed E-state index contributed by atoms with van der Waals surface area (Å²) in [6.45, 7) is 4.36. The fraction of sp³-hybridized carbons (Fsp3) is 0.316. The van der Waals surface area contributed by atoms with E-state index in [0.29, 0.717) is 11.8 Å². The van der Waals surface area contributed by atoms with Crippen LogP contribution in [0.2, 0.25) is 0 Å². The summed E-state index contributed by atoms with van der Waals surface area (Å²) in [6, 6.07) is 18.6. The predicted octanol–water partition coefficient (Wildman–Crippen LogP) is 4.32. The van der Waals surface area contributed by atoms with Crippen molar-refractivity contribution in [1.29, 1.82) is 0 Å². The molecule has 108 valence electrons. The summed E-state index contributed by atoms with van der Waals surface area (Å²) >= 11 is 0. The maximum atomic E-state index is 9.60. The lowest BCUT2D eigenvalue weighted by Crippen LogP contribution is -2.34. The zero-order chi connectivity index (χ0) is 14.9. The molecule has 3 rings (SSSR count). The van der Waals surface area contributed by atoms with Crippen molar-refractivity contribution in [3.05, 3.63) is 65.7 Å². The Balaban J connectivity index is 2.21. The standard InChI is InChI=1S/C19H21NO/c1-3-18-19(13-14(2)20-18,15-7-5-4-6-8-15)16-9-11-17(21)12-10-16/h4-12,14,21H,3,13H2,1-2H3. The topological polar surface area (TPSA) is 32.6 Å². The molecule has 0 saturated carbocycles. The third-order valence-electron chi connectivity index (χ3n) is 4.43. The molecular weight excluding hydrogens is 258 g/mol. The second kappa shape index (κ2) is 5.36. The molecule has 0 saturated heterocycles. The van der Waals surface area contributed by atoms with E-state index in [-0.39, 0.29) is 5.41 Å². The number of nitrogens with zero attached hydrogens (tertiary/aromatic N) is 1. The summed E-state index contributed by atoms with van der Waals surface area (Å²) in [6.07, 6.45) is 1.94. The van der Waals surface area contributed by atoms with E-state index in [0.717, 1.165) is 12.8 Å². The highest BCUT2D eigenvalue weighted by molar-refractivity contribution is 5.99. The van der Waals surface area contributed by atoms with Gasteiger partial charge in [-0.1, -0.05) is 49.4 Å². The van der Waals surface area contributed by atoms with E-state index < -0.39 is 0 Å². The fourth-order valence-corrected chi connectivity index (χ4v) is 3.58. The second-order valence-electron chi connectivity index (χ2n) is 5.80. The minimum absolute atomic E-state index is 0.150. The Labute approximate surface area is 126 Å². The van der Waals surface area contributed by atoms with Gasteiger partial charge in [-0.3, -0.25) is 4.99 Å². The van der Waals surface area contributed by atoms with Crippen molar-refractivity contribution >= 4 is 5.71 Å². The van der Waals surface area contributed by atoms with Gasteiger partial charge in [0.15, 0.2) is 0 Å². The highest BCUT2D eigenvalue weighted by Crippen LogP contribution is 2.44. The van der Waals surface area contributed by atoms with Crippen molar-refractivity contribution in [2.75, 3.05) is 0 Å². The average Bonchev–Trinajstić information content (AvgIpc) is 2.86. The van der Waals surface area contributed by atoms with E-state index in [2.05, 4.69) is 44.2 Å². The van der Waals surface area contributed by atoms with Crippen LogP contribution in [0.15, 0.2) is 59.6 Å². The lowest BCUT2D eigenvalue weighted by molar-refractivity contribution is 0.474. The molecule has 0 aliphatic carbocycles. The first-order chi connectivity index (χ1) is 10.2. The molecule has 2 heteroatoms. The number of phenols is 1. The number of hydrogen-bond acceptors (Lipinski definition) is 2. The maximum absolute atomic E-state index is 9.60. The molecule has 2 atom stereocenters. The van der Waals surface area contributed by atoms with Crippen LogP contribution in [-0.2, 0) is 5.41 Å². The van der Waals surface area contributed by atoms with Crippen LogP contribution >= 0.6 is 0 Å². The smallest absolute Gasteiger partial charge is 0.115 e. The normalized spacial score (nSPS) is 24.9. The maximum Gasteiger partial charge on any atom is 0.115 e. The van der Waals surface area contributed by atoms with Gasteiger partial charge in [-0.15, -0.1) is 0 Å². The minimum Gasteiger partial charge on any atom is -0.508 e. The molecular formula is C19H21NO. The van der Waals surface area contributed by atoms with Crippen LogP contribution in [0.5, 0.6) is 5.75 Å². The van der Waals surface area contributed by atoms with Crippen LogP contribution in [0.4, 0.5) is 0 Å². The largest absolute Gasteiger partial charge is 0.508 e. The molecule has 0 radical (unpaired) electrons. The molecule has 2 aromatic carbocycles. The van der Waals surface area contributed by atoms with Gasteiger partial charge >= 0.3 is 0 Å². The lowest BCUT2D eigenvalue weighted by Gasteiger charge is -2.32. The molecule has 21 heavy (non-hydrogen) atoms. The second-order valence-corrected chi connectivity index (χ2v) is 5.80.